The highest BCUT2D eigenvalue weighted by molar-refractivity contribution is 5.55. The zero-order valence-corrected chi connectivity index (χ0v) is 12.6. The molecule has 0 bridgehead atoms. The maximum Gasteiger partial charge on any atom is 0.0361 e. The molecule has 0 saturated carbocycles. The van der Waals surface area contributed by atoms with E-state index in [1.54, 1.807) is 0 Å². The molecule has 0 fully saturated rings. The quantitative estimate of drug-likeness (QED) is 0.761. The smallest absolute Gasteiger partial charge is 0.0361 e. The standard InChI is InChI=1S/C19H23N/c1-16(15-18-7-5-4-6-8-18)9-10-17-11-13-19(14-12-17)20(2)3/h4-14,16H,15H2,1-3H3/b10-9+. The molecule has 1 heteroatoms. The first-order chi connectivity index (χ1) is 9.65. The van der Waals surface area contributed by atoms with E-state index in [1.165, 1.54) is 16.8 Å². The number of benzene rings is 2. The molecule has 0 aromatic heterocycles. The zero-order valence-electron chi connectivity index (χ0n) is 12.6. The molecule has 0 amide bonds. The van der Waals surface area contributed by atoms with Crippen molar-refractivity contribution < 1.29 is 0 Å². The van der Waals surface area contributed by atoms with Gasteiger partial charge in [-0.25, -0.2) is 0 Å². The third-order valence-electron chi connectivity index (χ3n) is 3.43. The Balaban J connectivity index is 1.95. The second kappa shape index (κ2) is 6.95. The Kier molecular flexibility index (Phi) is 5.00. The number of hydrogen-bond donors (Lipinski definition) is 0. The van der Waals surface area contributed by atoms with E-state index < -0.39 is 0 Å². The van der Waals surface area contributed by atoms with Gasteiger partial charge < -0.3 is 4.90 Å². The van der Waals surface area contributed by atoms with Gasteiger partial charge in [-0.3, -0.25) is 0 Å². The highest BCUT2D eigenvalue weighted by atomic mass is 15.1. The van der Waals surface area contributed by atoms with Crippen LogP contribution in [0.5, 0.6) is 0 Å². The molecular formula is C19H23N. The maximum atomic E-state index is 2.29. The Morgan fingerprint density at radius 3 is 2.20 bits per heavy atom. The van der Waals surface area contributed by atoms with Gasteiger partial charge in [-0.05, 0) is 35.6 Å². The molecule has 1 nitrogen and oxygen atoms in total. The largest absolute Gasteiger partial charge is 0.378 e. The van der Waals surface area contributed by atoms with Crippen molar-refractivity contribution in [1.29, 1.82) is 0 Å². The fraction of sp³-hybridized carbons (Fsp3) is 0.263. The SMILES string of the molecule is CC(/C=C/c1ccc(N(C)C)cc1)Cc1ccccc1. The van der Waals surface area contributed by atoms with Crippen molar-refractivity contribution in [2.75, 3.05) is 19.0 Å². The summed E-state index contributed by atoms with van der Waals surface area (Å²) in [5, 5.41) is 0. The van der Waals surface area contributed by atoms with Gasteiger partial charge in [0.05, 0.1) is 0 Å². The van der Waals surface area contributed by atoms with E-state index in [4.69, 9.17) is 0 Å². The molecule has 0 N–H and O–H groups in total. The van der Waals surface area contributed by atoms with Crippen LogP contribution in [0.15, 0.2) is 60.7 Å². The van der Waals surface area contributed by atoms with E-state index in [1.807, 2.05) is 0 Å². The molecule has 1 atom stereocenters. The molecular weight excluding hydrogens is 242 g/mol. The highest BCUT2D eigenvalue weighted by Crippen LogP contribution is 2.15. The molecule has 2 rings (SSSR count). The molecule has 0 radical (unpaired) electrons. The number of anilines is 1. The topological polar surface area (TPSA) is 3.24 Å². The lowest BCUT2D eigenvalue weighted by Gasteiger charge is -2.12. The van der Waals surface area contributed by atoms with Crippen molar-refractivity contribution in [3.05, 3.63) is 71.8 Å². The van der Waals surface area contributed by atoms with E-state index >= 15 is 0 Å². The molecule has 0 aliphatic heterocycles. The summed E-state index contributed by atoms with van der Waals surface area (Å²) in [6, 6.07) is 19.3. The van der Waals surface area contributed by atoms with E-state index in [0.717, 1.165) is 6.42 Å². The summed E-state index contributed by atoms with van der Waals surface area (Å²) in [5.74, 6) is 0.547. The summed E-state index contributed by atoms with van der Waals surface area (Å²) in [6.45, 7) is 2.26. The van der Waals surface area contributed by atoms with Crippen LogP contribution < -0.4 is 4.90 Å². The number of hydrogen-bond acceptors (Lipinski definition) is 1. The van der Waals surface area contributed by atoms with E-state index in [0.29, 0.717) is 5.92 Å². The second-order valence-corrected chi connectivity index (χ2v) is 5.51. The minimum Gasteiger partial charge on any atom is -0.378 e. The third-order valence-corrected chi connectivity index (χ3v) is 3.43. The van der Waals surface area contributed by atoms with Gasteiger partial charge >= 0.3 is 0 Å². The Morgan fingerprint density at radius 1 is 0.950 bits per heavy atom. The van der Waals surface area contributed by atoms with E-state index in [-0.39, 0.29) is 0 Å². The van der Waals surface area contributed by atoms with Gasteiger partial charge in [0, 0.05) is 19.8 Å². The lowest BCUT2D eigenvalue weighted by Crippen LogP contribution is -2.07. The predicted octanol–water partition coefficient (Wildman–Crippen LogP) is 4.64. The van der Waals surface area contributed by atoms with E-state index in [2.05, 4.69) is 92.7 Å². The van der Waals surface area contributed by atoms with E-state index in [9.17, 15) is 0 Å². The lowest BCUT2D eigenvalue weighted by atomic mass is 10.00. The fourth-order valence-corrected chi connectivity index (χ4v) is 2.21. The van der Waals surface area contributed by atoms with Crippen LogP contribution >= 0.6 is 0 Å². The number of allylic oxidation sites excluding steroid dienone is 1. The van der Waals surface area contributed by atoms with Gasteiger partial charge in [-0.15, -0.1) is 0 Å². The average Bonchev–Trinajstić information content (AvgIpc) is 2.46. The second-order valence-electron chi connectivity index (χ2n) is 5.51. The van der Waals surface area contributed by atoms with Gasteiger partial charge in [-0.1, -0.05) is 61.5 Å². The van der Waals surface area contributed by atoms with Crippen molar-refractivity contribution in [2.24, 2.45) is 5.92 Å². The Morgan fingerprint density at radius 2 is 1.60 bits per heavy atom. The van der Waals surface area contributed by atoms with Crippen LogP contribution in [0.25, 0.3) is 6.08 Å². The molecule has 0 saturated heterocycles. The van der Waals surface area contributed by atoms with Gasteiger partial charge in [-0.2, -0.15) is 0 Å². The van der Waals surface area contributed by atoms with Crippen molar-refractivity contribution in [1.82, 2.24) is 0 Å². The minimum atomic E-state index is 0.547. The maximum absolute atomic E-state index is 2.29. The summed E-state index contributed by atoms with van der Waals surface area (Å²) >= 11 is 0. The lowest BCUT2D eigenvalue weighted by molar-refractivity contribution is 0.727. The molecule has 2 aromatic rings. The van der Waals surface area contributed by atoms with Crippen molar-refractivity contribution >= 4 is 11.8 Å². The molecule has 0 aliphatic carbocycles. The molecule has 0 heterocycles. The van der Waals surface area contributed by atoms with Crippen LogP contribution in [0.1, 0.15) is 18.1 Å². The molecule has 20 heavy (non-hydrogen) atoms. The van der Waals surface area contributed by atoms with Crippen LogP contribution in [0.2, 0.25) is 0 Å². The summed E-state index contributed by atoms with van der Waals surface area (Å²) in [7, 11) is 4.12. The molecule has 104 valence electrons. The van der Waals surface area contributed by atoms with Gasteiger partial charge in [0.2, 0.25) is 0 Å². The minimum absolute atomic E-state index is 0.547. The first-order valence-electron chi connectivity index (χ1n) is 7.14. The fourth-order valence-electron chi connectivity index (χ4n) is 2.21. The third kappa shape index (κ3) is 4.27. The van der Waals surface area contributed by atoms with Crippen molar-refractivity contribution in [2.45, 2.75) is 13.3 Å². The first kappa shape index (κ1) is 14.4. The van der Waals surface area contributed by atoms with Crippen LogP contribution in [0.3, 0.4) is 0 Å². The van der Waals surface area contributed by atoms with Crippen LogP contribution in [0, 0.1) is 5.92 Å². The van der Waals surface area contributed by atoms with Gasteiger partial charge in [0.25, 0.3) is 0 Å². The first-order valence-corrected chi connectivity index (χ1v) is 7.14. The zero-order chi connectivity index (χ0) is 14.4. The van der Waals surface area contributed by atoms with Gasteiger partial charge in [0.1, 0.15) is 0 Å². The molecule has 0 aliphatic rings. The highest BCUT2D eigenvalue weighted by Gasteiger charge is 1.99. The van der Waals surface area contributed by atoms with Crippen molar-refractivity contribution in [3.63, 3.8) is 0 Å². The summed E-state index contributed by atoms with van der Waals surface area (Å²) in [5.41, 5.74) is 3.89. The van der Waals surface area contributed by atoms with Crippen molar-refractivity contribution in [3.8, 4) is 0 Å². The predicted molar refractivity (Wildman–Crippen MR) is 89.1 cm³/mol. The Labute approximate surface area is 122 Å². The van der Waals surface area contributed by atoms with Gasteiger partial charge in [0.15, 0.2) is 0 Å². The molecule has 0 spiro atoms. The summed E-state index contributed by atoms with van der Waals surface area (Å²) < 4.78 is 0. The van der Waals surface area contributed by atoms with Crippen LogP contribution in [-0.2, 0) is 6.42 Å². The summed E-state index contributed by atoms with van der Waals surface area (Å²) in [6.07, 6.45) is 5.60. The number of rotatable bonds is 5. The Bertz CT molecular complexity index is 538. The number of nitrogens with zero attached hydrogens (tertiary/aromatic N) is 1. The normalized spacial score (nSPS) is 12.6. The van der Waals surface area contributed by atoms with Crippen LogP contribution in [0.4, 0.5) is 5.69 Å². The average molecular weight is 265 g/mol. The summed E-state index contributed by atoms with van der Waals surface area (Å²) in [4.78, 5) is 2.12. The monoisotopic (exact) mass is 265 g/mol. The molecule has 2 aromatic carbocycles. The molecule has 1 unspecified atom stereocenters. The van der Waals surface area contributed by atoms with Crippen LogP contribution in [-0.4, -0.2) is 14.1 Å². The Hall–Kier alpha value is -2.02.